The molecule has 0 radical (unpaired) electrons. The van der Waals surface area contributed by atoms with E-state index in [0.29, 0.717) is 5.56 Å². The fourth-order valence-electron chi connectivity index (χ4n) is 2.65. The fourth-order valence-corrected chi connectivity index (χ4v) is 2.65. The number of rotatable bonds is 4. The minimum atomic E-state index is -0.252. The monoisotopic (exact) mass is 332 g/mol. The van der Waals surface area contributed by atoms with E-state index in [2.05, 4.69) is 17.4 Å². The number of carbonyl (C=O) groups is 1. The Morgan fingerprint density at radius 3 is 2.24 bits per heavy atom. The highest BCUT2D eigenvalue weighted by Crippen LogP contribution is 2.21. The largest absolute Gasteiger partial charge is 0.346 e. The SMILES string of the molecule is C[C@H](NC(=O)c1ccn(C)c(=O)c1)c1ccc(-c2ccccc2)cc1. The van der Waals surface area contributed by atoms with Crippen molar-refractivity contribution in [3.8, 4) is 11.1 Å². The fraction of sp³-hybridized carbons (Fsp3) is 0.143. The average Bonchev–Trinajstić information content (AvgIpc) is 2.64. The first-order valence-corrected chi connectivity index (χ1v) is 8.17. The van der Waals surface area contributed by atoms with Gasteiger partial charge in [-0.2, -0.15) is 0 Å². The van der Waals surface area contributed by atoms with Crippen molar-refractivity contribution in [3.05, 3.63) is 94.4 Å². The maximum absolute atomic E-state index is 12.3. The molecular formula is C21H20N2O2. The number of carbonyl (C=O) groups excluding carboxylic acids is 1. The van der Waals surface area contributed by atoms with Crippen molar-refractivity contribution in [3.63, 3.8) is 0 Å². The summed E-state index contributed by atoms with van der Waals surface area (Å²) in [6, 6.07) is 21.1. The number of pyridine rings is 1. The molecule has 0 fully saturated rings. The van der Waals surface area contributed by atoms with Crippen LogP contribution in [0, 0.1) is 0 Å². The molecule has 4 heteroatoms. The minimum Gasteiger partial charge on any atom is -0.346 e. The molecule has 1 amide bonds. The van der Waals surface area contributed by atoms with Crippen LogP contribution < -0.4 is 10.9 Å². The summed E-state index contributed by atoms with van der Waals surface area (Å²) >= 11 is 0. The van der Waals surface area contributed by atoms with Crippen LogP contribution in [0.4, 0.5) is 0 Å². The molecule has 0 saturated carbocycles. The molecule has 0 bridgehead atoms. The Morgan fingerprint density at radius 2 is 1.60 bits per heavy atom. The number of aryl methyl sites for hydroxylation is 1. The molecule has 3 aromatic rings. The summed E-state index contributed by atoms with van der Waals surface area (Å²) in [6.07, 6.45) is 1.59. The van der Waals surface area contributed by atoms with Crippen LogP contribution in [0.2, 0.25) is 0 Å². The molecule has 0 aliphatic heterocycles. The van der Waals surface area contributed by atoms with Gasteiger partial charge in [0.2, 0.25) is 0 Å². The van der Waals surface area contributed by atoms with Gasteiger partial charge >= 0.3 is 0 Å². The van der Waals surface area contributed by atoms with E-state index in [9.17, 15) is 9.59 Å². The second-order valence-electron chi connectivity index (χ2n) is 6.05. The molecule has 1 N–H and O–H groups in total. The van der Waals surface area contributed by atoms with Gasteiger partial charge in [0, 0.05) is 24.9 Å². The van der Waals surface area contributed by atoms with E-state index in [1.54, 1.807) is 19.3 Å². The van der Waals surface area contributed by atoms with Crippen LogP contribution in [0.15, 0.2) is 77.7 Å². The molecule has 1 atom stereocenters. The number of aromatic nitrogens is 1. The maximum Gasteiger partial charge on any atom is 0.252 e. The molecule has 1 aromatic heterocycles. The predicted molar refractivity (Wildman–Crippen MR) is 99.4 cm³/mol. The molecule has 0 saturated heterocycles. The first-order chi connectivity index (χ1) is 12.0. The summed E-state index contributed by atoms with van der Waals surface area (Å²) in [5, 5.41) is 2.93. The second kappa shape index (κ2) is 7.18. The normalized spacial score (nSPS) is 11.8. The third kappa shape index (κ3) is 3.86. The number of amides is 1. The Balaban J connectivity index is 1.72. The van der Waals surface area contributed by atoms with Gasteiger partial charge in [0.25, 0.3) is 11.5 Å². The molecule has 3 rings (SSSR count). The van der Waals surface area contributed by atoms with Gasteiger partial charge in [0.1, 0.15) is 0 Å². The summed E-state index contributed by atoms with van der Waals surface area (Å²) in [5.74, 6) is -0.252. The van der Waals surface area contributed by atoms with E-state index in [-0.39, 0.29) is 17.5 Å². The lowest BCUT2D eigenvalue weighted by molar-refractivity contribution is 0.0939. The lowest BCUT2D eigenvalue weighted by atomic mass is 10.0. The Labute approximate surface area is 146 Å². The van der Waals surface area contributed by atoms with Gasteiger partial charge in [-0.15, -0.1) is 0 Å². The van der Waals surface area contributed by atoms with Crippen molar-refractivity contribution < 1.29 is 4.79 Å². The molecule has 0 aliphatic carbocycles. The summed E-state index contributed by atoms with van der Waals surface area (Å²) in [7, 11) is 1.65. The first-order valence-electron chi connectivity index (χ1n) is 8.17. The third-order valence-electron chi connectivity index (χ3n) is 4.23. The van der Waals surface area contributed by atoms with E-state index in [1.165, 1.54) is 10.6 Å². The third-order valence-corrected chi connectivity index (χ3v) is 4.23. The molecule has 0 unspecified atom stereocenters. The zero-order valence-corrected chi connectivity index (χ0v) is 14.3. The highest BCUT2D eigenvalue weighted by molar-refractivity contribution is 5.94. The van der Waals surface area contributed by atoms with Crippen LogP contribution in [0.3, 0.4) is 0 Å². The summed E-state index contributed by atoms with van der Waals surface area (Å²) in [6.45, 7) is 1.93. The van der Waals surface area contributed by atoms with Gasteiger partial charge < -0.3 is 9.88 Å². The smallest absolute Gasteiger partial charge is 0.252 e. The zero-order valence-electron chi connectivity index (χ0n) is 14.3. The van der Waals surface area contributed by atoms with Crippen molar-refractivity contribution in [1.82, 2.24) is 9.88 Å². The molecule has 1 heterocycles. The highest BCUT2D eigenvalue weighted by atomic mass is 16.2. The second-order valence-corrected chi connectivity index (χ2v) is 6.05. The number of nitrogens with zero attached hydrogens (tertiary/aromatic N) is 1. The van der Waals surface area contributed by atoms with E-state index < -0.39 is 0 Å². The summed E-state index contributed by atoms with van der Waals surface area (Å²) in [4.78, 5) is 24.0. The number of hydrogen-bond acceptors (Lipinski definition) is 2. The minimum absolute atomic E-state index is 0.151. The van der Waals surface area contributed by atoms with Gasteiger partial charge in [-0.1, -0.05) is 54.6 Å². The van der Waals surface area contributed by atoms with Crippen LogP contribution in [0.1, 0.15) is 28.9 Å². The van der Waals surface area contributed by atoms with Gasteiger partial charge in [-0.05, 0) is 29.7 Å². The molecule has 126 valence electrons. The lowest BCUT2D eigenvalue weighted by Crippen LogP contribution is -2.28. The van der Waals surface area contributed by atoms with E-state index in [1.807, 2.05) is 49.4 Å². The Hall–Kier alpha value is -3.14. The van der Waals surface area contributed by atoms with Crippen LogP contribution in [-0.2, 0) is 7.05 Å². The quantitative estimate of drug-likeness (QED) is 0.794. The van der Waals surface area contributed by atoms with Gasteiger partial charge in [-0.25, -0.2) is 0 Å². The molecule has 0 aliphatic rings. The molecular weight excluding hydrogens is 312 g/mol. The predicted octanol–water partition coefficient (Wildman–Crippen LogP) is 3.54. The van der Waals surface area contributed by atoms with Crippen LogP contribution in [0.25, 0.3) is 11.1 Å². The zero-order chi connectivity index (χ0) is 17.8. The Kier molecular flexibility index (Phi) is 4.80. The first kappa shape index (κ1) is 16.7. The van der Waals surface area contributed by atoms with E-state index >= 15 is 0 Å². The van der Waals surface area contributed by atoms with E-state index in [0.717, 1.165) is 16.7 Å². The van der Waals surface area contributed by atoms with Crippen molar-refractivity contribution in [1.29, 1.82) is 0 Å². The van der Waals surface area contributed by atoms with Crippen molar-refractivity contribution in [2.75, 3.05) is 0 Å². The Bertz CT molecular complexity index is 928. The number of benzene rings is 2. The van der Waals surface area contributed by atoms with Gasteiger partial charge in [0.05, 0.1) is 6.04 Å². The Morgan fingerprint density at radius 1 is 0.960 bits per heavy atom. The van der Waals surface area contributed by atoms with Crippen LogP contribution in [0.5, 0.6) is 0 Å². The van der Waals surface area contributed by atoms with Crippen molar-refractivity contribution in [2.24, 2.45) is 7.05 Å². The van der Waals surface area contributed by atoms with Crippen molar-refractivity contribution in [2.45, 2.75) is 13.0 Å². The average molecular weight is 332 g/mol. The molecule has 4 nitrogen and oxygen atoms in total. The number of nitrogens with one attached hydrogen (secondary N) is 1. The van der Waals surface area contributed by atoms with Crippen LogP contribution >= 0.6 is 0 Å². The van der Waals surface area contributed by atoms with Crippen LogP contribution in [-0.4, -0.2) is 10.5 Å². The topological polar surface area (TPSA) is 51.1 Å². The molecule has 0 spiro atoms. The lowest BCUT2D eigenvalue weighted by Gasteiger charge is -2.15. The van der Waals surface area contributed by atoms with Crippen molar-refractivity contribution >= 4 is 5.91 Å². The standard InChI is InChI=1S/C21H20N2O2/c1-15(22-21(25)19-12-13-23(2)20(24)14-19)16-8-10-18(11-9-16)17-6-4-3-5-7-17/h3-15H,1-2H3,(H,22,25)/t15-/m0/s1. The molecule has 25 heavy (non-hydrogen) atoms. The highest BCUT2D eigenvalue weighted by Gasteiger charge is 2.12. The molecule has 2 aromatic carbocycles. The van der Waals surface area contributed by atoms with E-state index in [4.69, 9.17) is 0 Å². The summed E-state index contributed by atoms with van der Waals surface area (Å²) in [5.41, 5.74) is 3.47. The van der Waals surface area contributed by atoms with Gasteiger partial charge in [-0.3, -0.25) is 9.59 Å². The number of hydrogen-bond donors (Lipinski definition) is 1. The van der Waals surface area contributed by atoms with Gasteiger partial charge in [0.15, 0.2) is 0 Å². The summed E-state index contributed by atoms with van der Waals surface area (Å²) < 4.78 is 1.43. The maximum atomic E-state index is 12.3.